The zero-order chi connectivity index (χ0) is 16.1. The molecule has 4 heteroatoms. The van der Waals surface area contributed by atoms with Crippen molar-refractivity contribution in [2.75, 3.05) is 16.8 Å². The van der Waals surface area contributed by atoms with Gasteiger partial charge in [-0.1, -0.05) is 37.3 Å². The Morgan fingerprint density at radius 2 is 1.78 bits per heavy atom. The Kier molecular flexibility index (Phi) is 5.68. The van der Waals surface area contributed by atoms with Gasteiger partial charge < -0.3 is 5.32 Å². The summed E-state index contributed by atoms with van der Waals surface area (Å²) < 4.78 is 0.515. The van der Waals surface area contributed by atoms with Gasteiger partial charge in [-0.25, -0.2) is 0 Å². The Morgan fingerprint density at radius 1 is 1.09 bits per heavy atom. The monoisotopic (exact) mass is 343 g/mol. The van der Waals surface area contributed by atoms with Crippen LogP contribution >= 0.6 is 23.5 Å². The Morgan fingerprint density at radius 3 is 2.48 bits per heavy atom. The van der Waals surface area contributed by atoms with Crippen molar-refractivity contribution in [3.63, 3.8) is 0 Å². The van der Waals surface area contributed by atoms with Crippen molar-refractivity contribution in [1.29, 1.82) is 0 Å². The second-order valence-electron chi connectivity index (χ2n) is 5.51. The molecule has 0 spiro atoms. The first-order valence-corrected chi connectivity index (χ1v) is 10.1. The Labute approximate surface area is 146 Å². The van der Waals surface area contributed by atoms with Gasteiger partial charge in [-0.15, -0.1) is 23.5 Å². The first kappa shape index (κ1) is 16.5. The summed E-state index contributed by atoms with van der Waals surface area (Å²) in [5, 5.41) is 3.03. The van der Waals surface area contributed by atoms with Gasteiger partial charge in [0.2, 0.25) is 0 Å². The topological polar surface area (TPSA) is 29.1 Å². The number of hydrogen-bond donors (Lipinski definition) is 1. The number of thioether (sulfide) groups is 2. The molecule has 2 aromatic rings. The second-order valence-corrected chi connectivity index (χ2v) is 8.24. The standard InChI is InChI=1S/C19H21NOS2/c1-2-14-6-3-4-7-17(14)20-18(21)15-8-10-16(11-9-15)19-22-12-5-13-23-19/h3-4,6-11,19H,2,5,12-13H2,1H3,(H,20,21). The molecule has 120 valence electrons. The lowest BCUT2D eigenvalue weighted by atomic mass is 10.1. The van der Waals surface area contributed by atoms with Gasteiger partial charge in [-0.2, -0.15) is 0 Å². The highest BCUT2D eigenvalue weighted by molar-refractivity contribution is 8.16. The molecule has 1 N–H and O–H groups in total. The highest BCUT2D eigenvalue weighted by Crippen LogP contribution is 2.43. The van der Waals surface area contributed by atoms with E-state index in [1.54, 1.807) is 0 Å². The molecular weight excluding hydrogens is 322 g/mol. The van der Waals surface area contributed by atoms with E-state index in [1.165, 1.54) is 23.5 Å². The van der Waals surface area contributed by atoms with Gasteiger partial charge in [0, 0.05) is 11.3 Å². The Bertz CT molecular complexity index is 663. The van der Waals surface area contributed by atoms with E-state index in [4.69, 9.17) is 0 Å². The highest BCUT2D eigenvalue weighted by atomic mass is 32.2. The maximum Gasteiger partial charge on any atom is 0.255 e. The molecule has 1 aliphatic rings. The maximum atomic E-state index is 12.4. The molecule has 2 nitrogen and oxygen atoms in total. The van der Waals surface area contributed by atoms with Crippen LogP contribution in [-0.2, 0) is 6.42 Å². The summed E-state index contributed by atoms with van der Waals surface area (Å²) >= 11 is 4.00. The van der Waals surface area contributed by atoms with E-state index in [2.05, 4.69) is 30.4 Å². The van der Waals surface area contributed by atoms with Crippen LogP contribution in [0.25, 0.3) is 0 Å². The van der Waals surface area contributed by atoms with Crippen molar-refractivity contribution >= 4 is 35.1 Å². The smallest absolute Gasteiger partial charge is 0.255 e. The number of para-hydroxylation sites is 1. The Hall–Kier alpha value is -1.39. The normalized spacial score (nSPS) is 15.3. The van der Waals surface area contributed by atoms with Crippen LogP contribution < -0.4 is 5.32 Å². The van der Waals surface area contributed by atoms with Gasteiger partial charge in [-0.3, -0.25) is 4.79 Å². The van der Waals surface area contributed by atoms with Gasteiger partial charge in [-0.05, 0) is 53.7 Å². The van der Waals surface area contributed by atoms with Crippen molar-refractivity contribution in [2.24, 2.45) is 0 Å². The highest BCUT2D eigenvalue weighted by Gasteiger charge is 2.17. The van der Waals surface area contributed by atoms with Crippen LogP contribution in [0.4, 0.5) is 5.69 Å². The third kappa shape index (κ3) is 4.12. The molecule has 2 aromatic carbocycles. The van der Waals surface area contributed by atoms with Crippen molar-refractivity contribution in [3.8, 4) is 0 Å². The fourth-order valence-electron chi connectivity index (χ4n) is 2.62. The summed E-state index contributed by atoms with van der Waals surface area (Å²) in [6.07, 6.45) is 2.20. The van der Waals surface area contributed by atoms with Crippen LogP contribution in [0, 0.1) is 0 Å². The number of carbonyl (C=O) groups excluding carboxylic acids is 1. The molecule has 1 amide bonds. The molecule has 0 unspecified atom stereocenters. The minimum atomic E-state index is -0.0404. The lowest BCUT2D eigenvalue weighted by Crippen LogP contribution is -2.13. The third-order valence-electron chi connectivity index (χ3n) is 3.92. The number of carbonyl (C=O) groups is 1. The molecule has 1 fully saturated rings. The molecule has 3 rings (SSSR count). The minimum Gasteiger partial charge on any atom is -0.322 e. The van der Waals surface area contributed by atoms with E-state index < -0.39 is 0 Å². The molecule has 0 radical (unpaired) electrons. The average Bonchev–Trinajstić information content (AvgIpc) is 2.63. The van der Waals surface area contributed by atoms with Gasteiger partial charge in [0.05, 0.1) is 4.58 Å². The summed E-state index contributed by atoms with van der Waals surface area (Å²) in [6.45, 7) is 2.10. The van der Waals surface area contributed by atoms with E-state index in [-0.39, 0.29) is 5.91 Å². The van der Waals surface area contributed by atoms with E-state index in [1.807, 2.05) is 53.9 Å². The van der Waals surface area contributed by atoms with Crippen LogP contribution in [0.1, 0.15) is 39.4 Å². The van der Waals surface area contributed by atoms with E-state index in [9.17, 15) is 4.79 Å². The zero-order valence-corrected chi connectivity index (χ0v) is 14.9. The average molecular weight is 344 g/mol. The summed E-state index contributed by atoms with van der Waals surface area (Å²) in [5.41, 5.74) is 4.09. The number of benzene rings is 2. The molecule has 23 heavy (non-hydrogen) atoms. The van der Waals surface area contributed by atoms with Gasteiger partial charge in [0.25, 0.3) is 5.91 Å². The zero-order valence-electron chi connectivity index (χ0n) is 13.2. The van der Waals surface area contributed by atoms with Crippen LogP contribution in [0.5, 0.6) is 0 Å². The number of hydrogen-bond acceptors (Lipinski definition) is 3. The number of rotatable bonds is 4. The quantitative estimate of drug-likeness (QED) is 0.809. The number of anilines is 1. The molecule has 0 saturated carbocycles. The van der Waals surface area contributed by atoms with Gasteiger partial charge >= 0.3 is 0 Å². The van der Waals surface area contributed by atoms with E-state index >= 15 is 0 Å². The van der Waals surface area contributed by atoms with Crippen LogP contribution in [-0.4, -0.2) is 17.4 Å². The predicted octanol–water partition coefficient (Wildman–Crippen LogP) is 5.37. The molecule has 0 aromatic heterocycles. The molecule has 1 heterocycles. The molecule has 0 aliphatic carbocycles. The van der Waals surface area contributed by atoms with Crippen molar-refractivity contribution in [3.05, 3.63) is 65.2 Å². The van der Waals surface area contributed by atoms with Crippen molar-refractivity contribution in [1.82, 2.24) is 0 Å². The van der Waals surface area contributed by atoms with Crippen LogP contribution in [0.15, 0.2) is 48.5 Å². The number of nitrogens with one attached hydrogen (secondary N) is 1. The second kappa shape index (κ2) is 7.93. The fourth-order valence-corrected chi connectivity index (χ4v) is 5.51. The maximum absolute atomic E-state index is 12.4. The summed E-state index contributed by atoms with van der Waals surface area (Å²) in [7, 11) is 0. The first-order chi connectivity index (χ1) is 11.3. The fraction of sp³-hybridized carbons (Fsp3) is 0.316. The largest absolute Gasteiger partial charge is 0.322 e. The van der Waals surface area contributed by atoms with Gasteiger partial charge in [0.1, 0.15) is 0 Å². The third-order valence-corrected chi connectivity index (χ3v) is 6.93. The molecule has 0 atom stereocenters. The number of amides is 1. The van der Waals surface area contributed by atoms with Crippen molar-refractivity contribution in [2.45, 2.75) is 24.3 Å². The van der Waals surface area contributed by atoms with E-state index in [0.29, 0.717) is 10.1 Å². The van der Waals surface area contributed by atoms with Crippen LogP contribution in [0.2, 0.25) is 0 Å². The lowest BCUT2D eigenvalue weighted by Gasteiger charge is -2.21. The van der Waals surface area contributed by atoms with Crippen molar-refractivity contribution < 1.29 is 4.79 Å². The molecule has 1 aliphatic heterocycles. The van der Waals surface area contributed by atoms with E-state index in [0.717, 1.165) is 17.7 Å². The molecule has 0 bridgehead atoms. The Balaban J connectivity index is 1.70. The summed E-state index contributed by atoms with van der Waals surface area (Å²) in [4.78, 5) is 12.4. The van der Waals surface area contributed by atoms with Gasteiger partial charge in [0.15, 0.2) is 0 Å². The lowest BCUT2D eigenvalue weighted by molar-refractivity contribution is 0.102. The molecule has 1 saturated heterocycles. The predicted molar refractivity (Wildman–Crippen MR) is 102 cm³/mol. The number of aryl methyl sites for hydroxylation is 1. The minimum absolute atomic E-state index is 0.0404. The summed E-state index contributed by atoms with van der Waals surface area (Å²) in [5.74, 6) is 2.42. The summed E-state index contributed by atoms with van der Waals surface area (Å²) in [6, 6.07) is 16.0. The SMILES string of the molecule is CCc1ccccc1NC(=O)c1ccc(C2SCCCS2)cc1. The first-order valence-electron chi connectivity index (χ1n) is 8.00. The molecular formula is C19H21NOS2. The van der Waals surface area contributed by atoms with Crippen LogP contribution in [0.3, 0.4) is 0 Å².